The Bertz CT molecular complexity index is 1090. The first kappa shape index (κ1) is 24.4. The van der Waals surface area contributed by atoms with Crippen molar-refractivity contribution < 1.29 is 37.0 Å². The quantitative estimate of drug-likeness (QED) is 0.308. The van der Waals surface area contributed by atoms with Crippen LogP contribution in [0.2, 0.25) is 0 Å². The molecular formula is C23H25NO8S. The van der Waals surface area contributed by atoms with Crippen molar-refractivity contribution in [2.24, 2.45) is 0 Å². The summed E-state index contributed by atoms with van der Waals surface area (Å²) < 4.78 is 47.9. The van der Waals surface area contributed by atoms with Crippen LogP contribution in [0.1, 0.15) is 15.9 Å². The van der Waals surface area contributed by atoms with Crippen LogP contribution in [-0.4, -0.2) is 71.3 Å². The van der Waals surface area contributed by atoms with E-state index in [1.165, 1.54) is 35.7 Å². The predicted molar refractivity (Wildman–Crippen MR) is 119 cm³/mol. The summed E-state index contributed by atoms with van der Waals surface area (Å²) in [5.41, 5.74) is 0.890. The van der Waals surface area contributed by atoms with Crippen LogP contribution in [0, 0.1) is 0 Å². The fourth-order valence-electron chi connectivity index (χ4n) is 3.07. The minimum atomic E-state index is -3.78. The molecule has 0 spiro atoms. The summed E-state index contributed by atoms with van der Waals surface area (Å²) in [6.45, 7) is 0.972. The largest absolute Gasteiger partial charge is 0.495 e. The fraction of sp³-hybridized carbons (Fsp3) is 0.304. The van der Waals surface area contributed by atoms with Gasteiger partial charge in [-0.1, -0.05) is 24.3 Å². The van der Waals surface area contributed by atoms with Crippen molar-refractivity contribution in [1.29, 1.82) is 0 Å². The summed E-state index contributed by atoms with van der Waals surface area (Å²) in [5, 5.41) is 0. The Hall–Kier alpha value is -3.21. The van der Waals surface area contributed by atoms with Gasteiger partial charge in [0.05, 0.1) is 25.9 Å². The zero-order valence-corrected chi connectivity index (χ0v) is 19.0. The smallest absolute Gasteiger partial charge is 0.338 e. The summed E-state index contributed by atoms with van der Waals surface area (Å²) in [7, 11) is -2.39. The van der Waals surface area contributed by atoms with Gasteiger partial charge in [-0.2, -0.15) is 4.31 Å². The molecular weight excluding hydrogens is 450 g/mol. The topological polar surface area (TPSA) is 108 Å². The molecule has 3 rings (SSSR count). The Labute approximate surface area is 192 Å². The molecule has 0 unspecified atom stereocenters. The van der Waals surface area contributed by atoms with E-state index in [1.54, 1.807) is 36.4 Å². The number of hydrogen-bond donors (Lipinski definition) is 0. The lowest BCUT2D eigenvalue weighted by Gasteiger charge is -2.26. The average Bonchev–Trinajstić information content (AvgIpc) is 2.86. The first-order chi connectivity index (χ1) is 15.9. The van der Waals surface area contributed by atoms with Crippen molar-refractivity contribution in [3.05, 3.63) is 65.7 Å². The van der Waals surface area contributed by atoms with E-state index in [0.29, 0.717) is 24.3 Å². The molecule has 9 nitrogen and oxygen atoms in total. The number of carbonyl (C=O) groups is 2. The minimum Gasteiger partial charge on any atom is -0.495 e. The molecule has 176 valence electrons. The number of esters is 2. The number of morpholine rings is 1. The number of carbonyl (C=O) groups excluding carboxylic acids is 2. The Morgan fingerprint density at radius 3 is 2.42 bits per heavy atom. The fourth-order valence-corrected chi connectivity index (χ4v) is 4.67. The number of sulfonamides is 1. The SMILES string of the molecule is COc1ccc(/C=C/C(=O)OCCOC(=O)c2ccccc2)cc1S(=O)(=O)N1CCOCC1. The third-order valence-electron chi connectivity index (χ3n) is 4.76. The number of benzene rings is 2. The molecule has 33 heavy (non-hydrogen) atoms. The Morgan fingerprint density at radius 2 is 1.73 bits per heavy atom. The maximum Gasteiger partial charge on any atom is 0.338 e. The van der Waals surface area contributed by atoms with Crippen LogP contribution < -0.4 is 4.74 Å². The average molecular weight is 476 g/mol. The van der Waals surface area contributed by atoms with E-state index in [1.807, 2.05) is 0 Å². The lowest BCUT2D eigenvalue weighted by molar-refractivity contribution is -0.138. The zero-order valence-electron chi connectivity index (χ0n) is 18.1. The van der Waals surface area contributed by atoms with Gasteiger partial charge in [0.2, 0.25) is 10.0 Å². The molecule has 0 aliphatic carbocycles. The van der Waals surface area contributed by atoms with Crippen molar-refractivity contribution in [3.63, 3.8) is 0 Å². The Kier molecular flexibility index (Phi) is 8.58. The predicted octanol–water partition coefficient (Wildman–Crippen LogP) is 2.13. The van der Waals surface area contributed by atoms with E-state index in [2.05, 4.69) is 0 Å². The third-order valence-corrected chi connectivity index (χ3v) is 6.68. The van der Waals surface area contributed by atoms with Crippen LogP contribution >= 0.6 is 0 Å². The van der Waals surface area contributed by atoms with E-state index < -0.39 is 22.0 Å². The lowest BCUT2D eigenvalue weighted by Crippen LogP contribution is -2.40. The van der Waals surface area contributed by atoms with Crippen LogP contribution in [0.4, 0.5) is 0 Å². The molecule has 1 heterocycles. The molecule has 1 fully saturated rings. The van der Waals surface area contributed by atoms with Gasteiger partial charge in [0.25, 0.3) is 0 Å². The third kappa shape index (κ3) is 6.64. The Morgan fingerprint density at radius 1 is 1.03 bits per heavy atom. The highest BCUT2D eigenvalue weighted by atomic mass is 32.2. The van der Waals surface area contributed by atoms with Gasteiger partial charge in [-0.3, -0.25) is 0 Å². The van der Waals surface area contributed by atoms with Gasteiger partial charge < -0.3 is 18.9 Å². The number of ether oxygens (including phenoxy) is 4. The van der Waals surface area contributed by atoms with Crippen molar-refractivity contribution in [2.45, 2.75) is 4.90 Å². The number of rotatable bonds is 9. The van der Waals surface area contributed by atoms with Gasteiger partial charge >= 0.3 is 11.9 Å². The van der Waals surface area contributed by atoms with Crippen molar-refractivity contribution in [1.82, 2.24) is 4.31 Å². The van der Waals surface area contributed by atoms with Crippen LogP contribution in [0.3, 0.4) is 0 Å². The maximum atomic E-state index is 13.0. The van der Waals surface area contributed by atoms with Gasteiger partial charge in [0, 0.05) is 19.2 Å². The first-order valence-electron chi connectivity index (χ1n) is 10.2. The molecule has 0 saturated carbocycles. The second-order valence-electron chi connectivity index (χ2n) is 6.93. The second kappa shape index (κ2) is 11.6. The summed E-state index contributed by atoms with van der Waals surface area (Å²) >= 11 is 0. The Balaban J connectivity index is 1.57. The molecule has 1 aliphatic rings. The van der Waals surface area contributed by atoms with E-state index in [-0.39, 0.29) is 36.9 Å². The second-order valence-corrected chi connectivity index (χ2v) is 8.84. The van der Waals surface area contributed by atoms with E-state index >= 15 is 0 Å². The molecule has 0 aromatic heterocycles. The minimum absolute atomic E-state index is 0.00948. The summed E-state index contributed by atoms with van der Waals surface area (Å²) in [5.74, 6) is -0.949. The molecule has 0 radical (unpaired) electrons. The van der Waals surface area contributed by atoms with Crippen LogP contribution in [0.15, 0.2) is 59.5 Å². The van der Waals surface area contributed by atoms with E-state index in [9.17, 15) is 18.0 Å². The molecule has 0 amide bonds. The normalized spacial score (nSPS) is 14.7. The molecule has 0 N–H and O–H groups in total. The monoisotopic (exact) mass is 475 g/mol. The van der Waals surface area contributed by atoms with Crippen molar-refractivity contribution >= 4 is 28.0 Å². The number of nitrogens with zero attached hydrogens (tertiary/aromatic N) is 1. The summed E-state index contributed by atoms with van der Waals surface area (Å²) in [6, 6.07) is 13.1. The molecule has 2 aromatic carbocycles. The highest BCUT2D eigenvalue weighted by Gasteiger charge is 2.29. The molecule has 1 saturated heterocycles. The highest BCUT2D eigenvalue weighted by molar-refractivity contribution is 7.89. The summed E-state index contributed by atoms with van der Waals surface area (Å²) in [6.07, 6.45) is 2.61. The molecule has 0 bridgehead atoms. The van der Waals surface area contributed by atoms with E-state index in [0.717, 1.165) is 0 Å². The maximum absolute atomic E-state index is 13.0. The molecule has 0 atom stereocenters. The molecule has 2 aromatic rings. The van der Waals surface area contributed by atoms with E-state index in [4.69, 9.17) is 18.9 Å². The number of methoxy groups -OCH3 is 1. The summed E-state index contributed by atoms with van der Waals surface area (Å²) in [4.78, 5) is 23.8. The van der Waals surface area contributed by atoms with Gasteiger partial charge in [0.15, 0.2) is 0 Å². The highest BCUT2D eigenvalue weighted by Crippen LogP contribution is 2.28. The zero-order chi connectivity index (χ0) is 23.7. The van der Waals surface area contributed by atoms with Crippen LogP contribution in [0.25, 0.3) is 6.08 Å². The van der Waals surface area contributed by atoms with Crippen molar-refractivity contribution in [3.8, 4) is 5.75 Å². The first-order valence-corrected chi connectivity index (χ1v) is 11.7. The molecule has 10 heteroatoms. The van der Waals surface area contributed by atoms with Gasteiger partial charge in [-0.15, -0.1) is 0 Å². The lowest BCUT2D eigenvalue weighted by atomic mass is 10.2. The van der Waals surface area contributed by atoms with Crippen LogP contribution in [0.5, 0.6) is 5.75 Å². The van der Waals surface area contributed by atoms with Gasteiger partial charge in [-0.25, -0.2) is 18.0 Å². The van der Waals surface area contributed by atoms with Crippen LogP contribution in [-0.2, 0) is 29.0 Å². The number of hydrogen-bond acceptors (Lipinski definition) is 8. The standard InChI is InChI=1S/C23H25NO8S/c1-29-20-9-7-18(17-21(20)33(27,28)24-11-13-30-14-12-24)8-10-22(25)31-15-16-32-23(26)19-5-3-2-4-6-19/h2-10,17H,11-16H2,1H3/b10-8+. The molecule has 1 aliphatic heterocycles. The van der Waals surface area contributed by atoms with Gasteiger partial charge in [0.1, 0.15) is 23.9 Å². The van der Waals surface area contributed by atoms with Gasteiger partial charge in [-0.05, 0) is 35.9 Å². The van der Waals surface area contributed by atoms with Crippen molar-refractivity contribution in [2.75, 3.05) is 46.6 Å².